The molecule has 5 rings (SSSR count). The molecule has 1 fully saturated rings. The normalized spacial score (nSPS) is 18.1. The number of halogens is 3. The standard InChI is InChI=1S/C31H30F2N2O2.ClH/c1-20(25-13-7-11-21-10-5-6-12-26(21)25)34-18-23-14-15-35(19-27(23)22-8-3-2-4-9-22)30-28(32)16-24(31(36)37)17-29(30)33;/h2-13,16-17,20,23,27,34H,14-15,18-19H2,1H3,(H,36,37);1H/t20-,23?,27?;/m1./s1. The van der Waals surface area contributed by atoms with Crippen molar-refractivity contribution in [3.8, 4) is 0 Å². The SMILES string of the molecule is C[C@@H](NCC1CCN(c2c(F)cc(C(=O)O)cc2F)CC1c1ccccc1)c1cccc2ccccc12.Cl. The summed E-state index contributed by atoms with van der Waals surface area (Å²) >= 11 is 0. The molecule has 198 valence electrons. The Morgan fingerprint density at radius 3 is 2.37 bits per heavy atom. The molecule has 0 radical (unpaired) electrons. The van der Waals surface area contributed by atoms with Crippen LogP contribution in [0, 0.1) is 17.6 Å². The summed E-state index contributed by atoms with van der Waals surface area (Å²) in [6.45, 7) is 3.86. The molecule has 4 nitrogen and oxygen atoms in total. The monoisotopic (exact) mass is 536 g/mol. The fraction of sp³-hybridized carbons (Fsp3) is 0.258. The van der Waals surface area contributed by atoms with Gasteiger partial charge in [-0.1, -0.05) is 72.8 Å². The largest absolute Gasteiger partial charge is 0.478 e. The van der Waals surface area contributed by atoms with Gasteiger partial charge in [-0.15, -0.1) is 12.4 Å². The molecule has 4 aromatic carbocycles. The van der Waals surface area contributed by atoms with E-state index in [0.29, 0.717) is 13.1 Å². The van der Waals surface area contributed by atoms with Crippen LogP contribution in [0.15, 0.2) is 84.9 Å². The molecule has 7 heteroatoms. The number of carbonyl (C=O) groups is 1. The van der Waals surface area contributed by atoms with Gasteiger partial charge in [-0.2, -0.15) is 0 Å². The summed E-state index contributed by atoms with van der Waals surface area (Å²) in [6.07, 6.45) is 0.744. The third kappa shape index (κ3) is 5.66. The van der Waals surface area contributed by atoms with Crippen molar-refractivity contribution in [1.82, 2.24) is 5.32 Å². The lowest BCUT2D eigenvalue weighted by molar-refractivity contribution is 0.0695. The minimum absolute atomic E-state index is 0. The molecule has 1 saturated heterocycles. The highest BCUT2D eigenvalue weighted by atomic mass is 35.5. The zero-order valence-electron chi connectivity index (χ0n) is 21.1. The summed E-state index contributed by atoms with van der Waals surface area (Å²) in [5.41, 5.74) is 1.83. The van der Waals surface area contributed by atoms with E-state index in [0.717, 1.165) is 30.7 Å². The van der Waals surface area contributed by atoms with Gasteiger partial charge in [0.2, 0.25) is 0 Å². The molecular formula is C31H31ClF2N2O2. The Labute approximate surface area is 227 Å². The molecule has 2 N–H and O–H groups in total. The Kier molecular flexibility index (Phi) is 8.65. The number of hydrogen-bond acceptors (Lipinski definition) is 3. The van der Waals surface area contributed by atoms with Gasteiger partial charge < -0.3 is 15.3 Å². The van der Waals surface area contributed by atoms with E-state index >= 15 is 0 Å². The molecule has 2 unspecified atom stereocenters. The number of carboxylic acid groups (broad SMARTS) is 1. The topological polar surface area (TPSA) is 52.6 Å². The summed E-state index contributed by atoms with van der Waals surface area (Å²) in [6, 6.07) is 26.7. The molecule has 4 aromatic rings. The lowest BCUT2D eigenvalue weighted by atomic mass is 9.80. The fourth-order valence-electron chi connectivity index (χ4n) is 5.58. The number of benzene rings is 4. The first-order valence-corrected chi connectivity index (χ1v) is 12.7. The summed E-state index contributed by atoms with van der Waals surface area (Å²) in [4.78, 5) is 12.9. The molecule has 1 aliphatic rings. The van der Waals surface area contributed by atoms with E-state index in [1.165, 1.54) is 16.3 Å². The lowest BCUT2D eigenvalue weighted by Gasteiger charge is -2.41. The van der Waals surface area contributed by atoms with Crippen LogP contribution < -0.4 is 10.2 Å². The summed E-state index contributed by atoms with van der Waals surface area (Å²) in [5.74, 6) is -2.71. The van der Waals surface area contributed by atoms with Crippen molar-refractivity contribution in [2.75, 3.05) is 24.5 Å². The highest BCUT2D eigenvalue weighted by molar-refractivity contribution is 5.88. The number of carboxylic acids is 1. The molecule has 0 amide bonds. The maximum absolute atomic E-state index is 14.9. The van der Waals surface area contributed by atoms with E-state index in [2.05, 4.69) is 60.8 Å². The van der Waals surface area contributed by atoms with Gasteiger partial charge in [-0.05, 0) is 59.8 Å². The van der Waals surface area contributed by atoms with E-state index in [1.54, 1.807) is 4.90 Å². The van der Waals surface area contributed by atoms with Crippen molar-refractivity contribution in [2.24, 2.45) is 5.92 Å². The Morgan fingerprint density at radius 1 is 1.00 bits per heavy atom. The first kappa shape index (κ1) is 27.6. The number of fused-ring (bicyclic) bond motifs is 1. The van der Waals surface area contributed by atoms with Gasteiger partial charge in [-0.3, -0.25) is 0 Å². The Morgan fingerprint density at radius 2 is 1.66 bits per heavy atom. The third-order valence-electron chi connectivity index (χ3n) is 7.54. The van der Waals surface area contributed by atoms with E-state index in [1.807, 2.05) is 24.3 Å². The number of hydrogen-bond donors (Lipinski definition) is 2. The maximum atomic E-state index is 14.9. The van der Waals surface area contributed by atoms with Crippen molar-refractivity contribution in [3.05, 3.63) is 113 Å². The predicted octanol–water partition coefficient (Wildman–Crippen LogP) is 7.20. The van der Waals surface area contributed by atoms with Crippen molar-refractivity contribution in [1.29, 1.82) is 0 Å². The first-order chi connectivity index (χ1) is 17.9. The second-order valence-corrected chi connectivity index (χ2v) is 9.80. The lowest BCUT2D eigenvalue weighted by Crippen LogP contribution is -2.43. The van der Waals surface area contributed by atoms with Crippen molar-refractivity contribution in [2.45, 2.75) is 25.3 Å². The van der Waals surface area contributed by atoms with Crippen LogP contribution in [0.4, 0.5) is 14.5 Å². The van der Waals surface area contributed by atoms with E-state index < -0.39 is 17.6 Å². The van der Waals surface area contributed by atoms with Gasteiger partial charge in [0.25, 0.3) is 0 Å². The highest BCUT2D eigenvalue weighted by Gasteiger charge is 2.33. The summed E-state index contributed by atoms with van der Waals surface area (Å²) in [5, 5.41) is 15.3. The quantitative estimate of drug-likeness (QED) is 0.262. The van der Waals surface area contributed by atoms with Crippen LogP contribution in [0.1, 0.15) is 46.8 Å². The van der Waals surface area contributed by atoms with Crippen LogP contribution in [0.3, 0.4) is 0 Å². The number of rotatable bonds is 7. The van der Waals surface area contributed by atoms with Gasteiger partial charge in [-0.25, -0.2) is 13.6 Å². The molecule has 0 saturated carbocycles. The predicted molar refractivity (Wildman–Crippen MR) is 150 cm³/mol. The molecule has 0 aromatic heterocycles. The molecule has 38 heavy (non-hydrogen) atoms. The van der Waals surface area contributed by atoms with Crippen LogP contribution in [-0.4, -0.2) is 30.7 Å². The number of piperidine rings is 1. The average molecular weight is 537 g/mol. The van der Waals surface area contributed by atoms with Crippen LogP contribution in [-0.2, 0) is 0 Å². The Hall–Kier alpha value is -3.48. The zero-order valence-corrected chi connectivity index (χ0v) is 21.9. The van der Waals surface area contributed by atoms with Gasteiger partial charge in [0.15, 0.2) is 0 Å². The number of nitrogens with one attached hydrogen (secondary N) is 1. The van der Waals surface area contributed by atoms with Crippen molar-refractivity contribution >= 4 is 34.8 Å². The molecule has 1 heterocycles. The van der Waals surface area contributed by atoms with E-state index in [4.69, 9.17) is 5.11 Å². The molecular weight excluding hydrogens is 506 g/mol. The maximum Gasteiger partial charge on any atom is 0.335 e. The summed E-state index contributed by atoms with van der Waals surface area (Å²) in [7, 11) is 0. The van der Waals surface area contributed by atoms with Gasteiger partial charge in [0, 0.05) is 25.0 Å². The number of anilines is 1. The Bertz CT molecular complexity index is 1390. The van der Waals surface area contributed by atoms with Gasteiger partial charge in [0.05, 0.1) is 5.56 Å². The van der Waals surface area contributed by atoms with Crippen LogP contribution >= 0.6 is 12.4 Å². The number of nitrogens with zero attached hydrogens (tertiary/aromatic N) is 1. The minimum atomic E-state index is -1.35. The van der Waals surface area contributed by atoms with Crippen molar-refractivity contribution in [3.63, 3.8) is 0 Å². The fourth-order valence-corrected chi connectivity index (χ4v) is 5.58. The number of aromatic carboxylic acids is 1. The van der Waals surface area contributed by atoms with Crippen LogP contribution in [0.2, 0.25) is 0 Å². The van der Waals surface area contributed by atoms with E-state index in [9.17, 15) is 13.6 Å². The van der Waals surface area contributed by atoms with Crippen LogP contribution in [0.25, 0.3) is 10.8 Å². The second kappa shape index (κ2) is 11.9. The smallest absolute Gasteiger partial charge is 0.335 e. The van der Waals surface area contributed by atoms with Gasteiger partial charge >= 0.3 is 5.97 Å². The van der Waals surface area contributed by atoms with Crippen LogP contribution in [0.5, 0.6) is 0 Å². The molecule has 0 bridgehead atoms. The minimum Gasteiger partial charge on any atom is -0.478 e. The highest BCUT2D eigenvalue weighted by Crippen LogP contribution is 2.37. The Balaban J connectivity index is 0.00000336. The second-order valence-electron chi connectivity index (χ2n) is 9.80. The summed E-state index contributed by atoms with van der Waals surface area (Å²) < 4.78 is 29.8. The molecule has 0 aliphatic carbocycles. The third-order valence-corrected chi connectivity index (χ3v) is 7.54. The molecule has 3 atom stereocenters. The molecule has 1 aliphatic heterocycles. The van der Waals surface area contributed by atoms with Crippen molar-refractivity contribution < 1.29 is 18.7 Å². The first-order valence-electron chi connectivity index (χ1n) is 12.7. The van der Waals surface area contributed by atoms with Gasteiger partial charge in [0.1, 0.15) is 17.3 Å². The zero-order chi connectivity index (χ0) is 25.9. The van der Waals surface area contributed by atoms with E-state index in [-0.39, 0.29) is 41.5 Å². The average Bonchev–Trinajstić information content (AvgIpc) is 2.91. The molecule has 0 spiro atoms.